The number of carbonyl (C=O) groups excluding carboxylic acids is 2. The Kier molecular flexibility index (Phi) is 3.54. The van der Waals surface area contributed by atoms with E-state index in [2.05, 4.69) is 15.4 Å². The first-order valence-electron chi connectivity index (χ1n) is 7.62. The van der Waals surface area contributed by atoms with Gasteiger partial charge in [-0.05, 0) is 29.5 Å². The molecule has 26 heavy (non-hydrogen) atoms. The Hall–Kier alpha value is -3.88. The van der Waals surface area contributed by atoms with E-state index in [0.29, 0.717) is 22.4 Å². The minimum atomic E-state index is -1.09. The van der Waals surface area contributed by atoms with Gasteiger partial charge in [0.25, 0.3) is 11.8 Å². The van der Waals surface area contributed by atoms with Crippen LogP contribution in [0.2, 0.25) is 0 Å². The summed E-state index contributed by atoms with van der Waals surface area (Å²) in [5, 5.41) is 20.2. The molecule has 2 heterocycles. The van der Waals surface area contributed by atoms with Crippen molar-refractivity contribution in [1.29, 1.82) is 0 Å². The molecule has 2 amide bonds. The summed E-state index contributed by atoms with van der Waals surface area (Å²) >= 11 is 0. The summed E-state index contributed by atoms with van der Waals surface area (Å²) in [4.78, 5) is 37.9. The maximum absolute atomic E-state index is 12.6. The molecular formula is C17H11N5O4. The van der Waals surface area contributed by atoms with Crippen LogP contribution in [0.15, 0.2) is 48.5 Å². The number of benzene rings is 2. The highest BCUT2D eigenvalue weighted by molar-refractivity contribution is 6.34. The lowest BCUT2D eigenvalue weighted by Gasteiger charge is -2.14. The zero-order chi connectivity index (χ0) is 18.3. The van der Waals surface area contributed by atoms with Gasteiger partial charge in [-0.25, -0.2) is 4.90 Å². The molecule has 0 aliphatic carbocycles. The van der Waals surface area contributed by atoms with Gasteiger partial charge in [-0.2, -0.15) is 4.80 Å². The summed E-state index contributed by atoms with van der Waals surface area (Å²) in [6, 6.07) is 13.2. The number of hydrogen-bond donors (Lipinski definition) is 1. The third kappa shape index (κ3) is 2.51. The predicted octanol–water partition coefficient (Wildman–Crippen LogP) is 1.23. The van der Waals surface area contributed by atoms with Crippen molar-refractivity contribution in [2.24, 2.45) is 0 Å². The minimum absolute atomic E-state index is 0.199. The number of nitrogens with zero attached hydrogens (tertiary/aromatic N) is 5. The van der Waals surface area contributed by atoms with E-state index in [9.17, 15) is 14.4 Å². The van der Waals surface area contributed by atoms with Gasteiger partial charge in [0.15, 0.2) is 6.54 Å². The van der Waals surface area contributed by atoms with Crippen molar-refractivity contribution in [3.05, 3.63) is 59.7 Å². The molecule has 1 aliphatic heterocycles. The molecule has 3 aromatic rings. The Morgan fingerprint density at radius 3 is 2.35 bits per heavy atom. The van der Waals surface area contributed by atoms with Crippen molar-refractivity contribution in [2.45, 2.75) is 6.54 Å². The third-order valence-electron chi connectivity index (χ3n) is 3.89. The van der Waals surface area contributed by atoms with Crippen LogP contribution >= 0.6 is 0 Å². The Bertz CT molecular complexity index is 1020. The molecule has 1 aromatic heterocycles. The molecule has 4 rings (SSSR count). The van der Waals surface area contributed by atoms with Crippen molar-refractivity contribution >= 4 is 23.5 Å². The van der Waals surface area contributed by atoms with Gasteiger partial charge in [-0.1, -0.05) is 24.3 Å². The number of hydrogen-bond acceptors (Lipinski definition) is 6. The van der Waals surface area contributed by atoms with Crippen molar-refractivity contribution in [3.8, 4) is 11.4 Å². The smallest absolute Gasteiger partial charge is 0.327 e. The highest BCUT2D eigenvalue weighted by Crippen LogP contribution is 2.30. The van der Waals surface area contributed by atoms with Crippen LogP contribution < -0.4 is 4.90 Å². The van der Waals surface area contributed by atoms with E-state index >= 15 is 0 Å². The number of tetrazole rings is 1. The number of aliphatic carboxylic acids is 1. The first-order chi connectivity index (χ1) is 12.5. The van der Waals surface area contributed by atoms with Crippen LogP contribution in [0.3, 0.4) is 0 Å². The van der Waals surface area contributed by atoms with Crippen LogP contribution in [-0.2, 0) is 11.3 Å². The van der Waals surface area contributed by atoms with Crippen molar-refractivity contribution in [2.75, 3.05) is 4.90 Å². The SMILES string of the molecule is O=C(O)Cn1nnc(-c2cccc(N3C(=O)c4ccccc4C3=O)c2)n1. The van der Waals surface area contributed by atoms with Crippen LogP contribution in [0.4, 0.5) is 5.69 Å². The highest BCUT2D eigenvalue weighted by atomic mass is 16.4. The number of amides is 2. The quantitative estimate of drug-likeness (QED) is 0.704. The number of carboxylic acid groups (broad SMARTS) is 1. The van der Waals surface area contributed by atoms with E-state index in [1.54, 1.807) is 48.5 Å². The minimum Gasteiger partial charge on any atom is -0.480 e. The molecule has 128 valence electrons. The molecular weight excluding hydrogens is 338 g/mol. The van der Waals surface area contributed by atoms with E-state index in [-0.39, 0.29) is 5.82 Å². The van der Waals surface area contributed by atoms with Crippen LogP contribution in [0.1, 0.15) is 20.7 Å². The van der Waals surface area contributed by atoms with Gasteiger partial charge in [0, 0.05) is 5.56 Å². The molecule has 2 aromatic carbocycles. The van der Waals surface area contributed by atoms with Gasteiger partial charge in [0.1, 0.15) is 0 Å². The summed E-state index contributed by atoms with van der Waals surface area (Å²) < 4.78 is 0. The van der Waals surface area contributed by atoms with Gasteiger partial charge < -0.3 is 5.11 Å². The second-order valence-electron chi connectivity index (χ2n) is 5.58. The fourth-order valence-corrected chi connectivity index (χ4v) is 2.75. The number of carbonyl (C=O) groups is 3. The summed E-state index contributed by atoms with van der Waals surface area (Å²) in [6.45, 7) is -0.412. The number of carboxylic acids is 1. The predicted molar refractivity (Wildman–Crippen MR) is 88.5 cm³/mol. The number of fused-ring (bicyclic) bond motifs is 1. The highest BCUT2D eigenvalue weighted by Gasteiger charge is 2.36. The van der Waals surface area contributed by atoms with Crippen LogP contribution in [0.25, 0.3) is 11.4 Å². The lowest BCUT2D eigenvalue weighted by Crippen LogP contribution is -2.29. The second-order valence-corrected chi connectivity index (χ2v) is 5.58. The lowest BCUT2D eigenvalue weighted by molar-refractivity contribution is -0.138. The molecule has 0 radical (unpaired) electrons. The molecule has 0 spiro atoms. The summed E-state index contributed by atoms with van der Waals surface area (Å²) in [6.07, 6.45) is 0. The Balaban J connectivity index is 1.69. The summed E-state index contributed by atoms with van der Waals surface area (Å²) in [5.41, 5.74) is 1.60. The summed E-state index contributed by atoms with van der Waals surface area (Å²) in [5.74, 6) is -1.69. The molecule has 1 aliphatic rings. The van der Waals surface area contributed by atoms with E-state index in [0.717, 1.165) is 9.70 Å². The van der Waals surface area contributed by atoms with Gasteiger partial charge in [-0.3, -0.25) is 14.4 Å². The Morgan fingerprint density at radius 1 is 1.00 bits per heavy atom. The molecule has 0 saturated heterocycles. The fraction of sp³-hybridized carbons (Fsp3) is 0.0588. The van der Waals surface area contributed by atoms with Crippen molar-refractivity contribution in [3.63, 3.8) is 0 Å². The molecule has 0 unspecified atom stereocenters. The maximum atomic E-state index is 12.6. The number of aromatic nitrogens is 4. The molecule has 0 saturated carbocycles. The average Bonchev–Trinajstić information content (AvgIpc) is 3.19. The van der Waals surface area contributed by atoms with Gasteiger partial charge >= 0.3 is 5.97 Å². The topological polar surface area (TPSA) is 118 Å². The number of anilines is 1. The van der Waals surface area contributed by atoms with Crippen LogP contribution in [-0.4, -0.2) is 43.1 Å². The normalized spacial score (nSPS) is 13.2. The van der Waals surface area contributed by atoms with Crippen molar-refractivity contribution in [1.82, 2.24) is 20.2 Å². The first-order valence-corrected chi connectivity index (χ1v) is 7.62. The number of imide groups is 1. The zero-order valence-corrected chi connectivity index (χ0v) is 13.2. The molecule has 9 heteroatoms. The Morgan fingerprint density at radius 2 is 1.69 bits per heavy atom. The van der Waals surface area contributed by atoms with E-state index in [1.807, 2.05) is 0 Å². The van der Waals surface area contributed by atoms with Gasteiger partial charge in [0.2, 0.25) is 5.82 Å². The van der Waals surface area contributed by atoms with Gasteiger partial charge in [0.05, 0.1) is 16.8 Å². The molecule has 0 fully saturated rings. The zero-order valence-electron chi connectivity index (χ0n) is 13.2. The third-order valence-corrected chi connectivity index (χ3v) is 3.89. The second kappa shape index (κ2) is 5.88. The molecule has 0 atom stereocenters. The Labute approximate surface area is 146 Å². The number of rotatable bonds is 4. The standard InChI is InChI=1S/C17H11N5O4/c23-14(24)9-21-19-15(18-20-21)10-4-3-5-11(8-10)22-16(25)12-6-1-2-7-13(12)17(22)26/h1-8H,9H2,(H,23,24). The van der Waals surface area contributed by atoms with Gasteiger partial charge in [-0.15, -0.1) is 10.2 Å². The van der Waals surface area contributed by atoms with Crippen LogP contribution in [0, 0.1) is 0 Å². The largest absolute Gasteiger partial charge is 0.480 e. The lowest BCUT2D eigenvalue weighted by atomic mass is 10.1. The molecule has 9 nitrogen and oxygen atoms in total. The average molecular weight is 349 g/mol. The monoisotopic (exact) mass is 349 g/mol. The van der Waals surface area contributed by atoms with Crippen LogP contribution in [0.5, 0.6) is 0 Å². The molecule has 1 N–H and O–H groups in total. The van der Waals surface area contributed by atoms with E-state index < -0.39 is 24.3 Å². The molecule has 0 bridgehead atoms. The van der Waals surface area contributed by atoms with E-state index in [1.165, 1.54) is 0 Å². The van der Waals surface area contributed by atoms with E-state index in [4.69, 9.17) is 5.11 Å². The maximum Gasteiger partial charge on any atom is 0.327 e. The fourth-order valence-electron chi connectivity index (χ4n) is 2.75. The first kappa shape index (κ1) is 15.6. The van der Waals surface area contributed by atoms with Crippen molar-refractivity contribution < 1.29 is 19.5 Å². The summed E-state index contributed by atoms with van der Waals surface area (Å²) in [7, 11) is 0.